The van der Waals surface area contributed by atoms with E-state index >= 15 is 0 Å². The lowest BCUT2D eigenvalue weighted by atomic mass is 10.3. The van der Waals surface area contributed by atoms with Gasteiger partial charge in [0.05, 0.1) is 11.5 Å². The van der Waals surface area contributed by atoms with Crippen molar-refractivity contribution in [1.29, 1.82) is 0 Å². The van der Waals surface area contributed by atoms with Crippen LogP contribution >= 0.6 is 0 Å². The van der Waals surface area contributed by atoms with Crippen molar-refractivity contribution in [2.75, 3.05) is 26.2 Å². The van der Waals surface area contributed by atoms with Crippen LogP contribution in [0.5, 0.6) is 0 Å². The predicted octanol–water partition coefficient (Wildman–Crippen LogP) is 0.776. The quantitative estimate of drug-likeness (QED) is 0.823. The van der Waals surface area contributed by atoms with E-state index in [1.165, 1.54) is 10.6 Å². The van der Waals surface area contributed by atoms with Gasteiger partial charge in [0.25, 0.3) is 5.91 Å². The van der Waals surface area contributed by atoms with Gasteiger partial charge in [0.1, 0.15) is 0 Å². The first kappa shape index (κ1) is 14.1. The Hall–Kier alpha value is -1.34. The van der Waals surface area contributed by atoms with Crippen LogP contribution in [0.2, 0.25) is 0 Å². The van der Waals surface area contributed by atoms with Crippen LogP contribution in [0.4, 0.5) is 0 Å². The number of rotatable bonds is 3. The van der Waals surface area contributed by atoms with Crippen LogP contribution in [0, 0.1) is 0 Å². The van der Waals surface area contributed by atoms with E-state index in [-0.39, 0.29) is 5.91 Å². The van der Waals surface area contributed by atoms with Crippen LogP contribution in [-0.2, 0) is 10.0 Å². The summed E-state index contributed by atoms with van der Waals surface area (Å²) < 4.78 is 30.5. The molecule has 0 aliphatic carbocycles. The van der Waals surface area contributed by atoms with Gasteiger partial charge in [0, 0.05) is 26.2 Å². The molecule has 1 aromatic heterocycles. The van der Waals surface area contributed by atoms with E-state index in [2.05, 4.69) is 0 Å². The number of piperazine rings is 1. The largest absolute Gasteiger partial charge is 0.459 e. The Bertz CT molecular complexity index is 528. The molecule has 0 N–H and O–H groups in total. The Balaban J connectivity index is 1.98. The zero-order valence-electron chi connectivity index (χ0n) is 11.1. The number of sulfonamides is 1. The standard InChI is InChI=1S/C12H18N2O4S/c1-10(2)19(16,17)14-7-5-13(6-8-14)12(15)11-4-3-9-18-11/h3-4,9-10H,5-8H2,1-2H3. The van der Waals surface area contributed by atoms with Crippen molar-refractivity contribution in [1.82, 2.24) is 9.21 Å². The van der Waals surface area contributed by atoms with Crippen molar-refractivity contribution in [3.8, 4) is 0 Å². The molecule has 1 aliphatic rings. The normalized spacial score (nSPS) is 17.9. The van der Waals surface area contributed by atoms with E-state index in [1.807, 2.05) is 0 Å². The molecule has 0 spiro atoms. The second-order valence-corrected chi connectivity index (χ2v) is 7.25. The molecule has 6 nitrogen and oxygen atoms in total. The Kier molecular flexibility index (Phi) is 3.96. The van der Waals surface area contributed by atoms with E-state index in [0.717, 1.165) is 0 Å². The van der Waals surface area contributed by atoms with Crippen LogP contribution < -0.4 is 0 Å². The molecule has 0 unspecified atom stereocenters. The first-order chi connectivity index (χ1) is 8.93. The minimum Gasteiger partial charge on any atom is -0.459 e. The smallest absolute Gasteiger partial charge is 0.289 e. The van der Waals surface area contributed by atoms with Crippen molar-refractivity contribution < 1.29 is 17.6 Å². The Morgan fingerprint density at radius 1 is 1.26 bits per heavy atom. The van der Waals surface area contributed by atoms with Gasteiger partial charge in [0.15, 0.2) is 5.76 Å². The van der Waals surface area contributed by atoms with Gasteiger partial charge in [-0.3, -0.25) is 4.79 Å². The van der Waals surface area contributed by atoms with E-state index < -0.39 is 15.3 Å². The predicted molar refractivity (Wildman–Crippen MR) is 70.2 cm³/mol. The maximum atomic E-state index is 12.0. The van der Waals surface area contributed by atoms with E-state index in [9.17, 15) is 13.2 Å². The number of furan rings is 1. The molecule has 2 rings (SSSR count). The average Bonchev–Trinajstić information content (AvgIpc) is 2.91. The van der Waals surface area contributed by atoms with Gasteiger partial charge in [-0.2, -0.15) is 4.31 Å². The van der Waals surface area contributed by atoms with Crippen molar-refractivity contribution in [2.24, 2.45) is 0 Å². The summed E-state index contributed by atoms with van der Waals surface area (Å²) >= 11 is 0. The summed E-state index contributed by atoms with van der Waals surface area (Å²) in [6.07, 6.45) is 1.45. The minimum atomic E-state index is -3.23. The van der Waals surface area contributed by atoms with Gasteiger partial charge in [-0.05, 0) is 26.0 Å². The molecule has 19 heavy (non-hydrogen) atoms. The fourth-order valence-corrected chi connectivity index (χ4v) is 3.27. The monoisotopic (exact) mass is 286 g/mol. The topological polar surface area (TPSA) is 70.8 Å². The van der Waals surface area contributed by atoms with E-state index in [0.29, 0.717) is 31.9 Å². The zero-order chi connectivity index (χ0) is 14.0. The average molecular weight is 286 g/mol. The molecule has 0 saturated carbocycles. The molecular weight excluding hydrogens is 268 g/mol. The van der Waals surface area contributed by atoms with E-state index in [4.69, 9.17) is 4.42 Å². The molecule has 7 heteroatoms. The summed E-state index contributed by atoms with van der Waals surface area (Å²) in [7, 11) is -3.23. The third-order valence-electron chi connectivity index (χ3n) is 3.21. The fraction of sp³-hybridized carbons (Fsp3) is 0.583. The number of hydrogen-bond donors (Lipinski definition) is 0. The number of hydrogen-bond acceptors (Lipinski definition) is 4. The number of carbonyl (C=O) groups excluding carboxylic acids is 1. The number of nitrogens with zero attached hydrogens (tertiary/aromatic N) is 2. The van der Waals surface area contributed by atoms with Crippen molar-refractivity contribution in [3.05, 3.63) is 24.2 Å². The fourth-order valence-electron chi connectivity index (χ4n) is 2.00. The summed E-state index contributed by atoms with van der Waals surface area (Å²) in [5.41, 5.74) is 0. The Labute approximate surface area is 113 Å². The molecule has 0 aromatic carbocycles. The van der Waals surface area contributed by atoms with Crippen LogP contribution in [-0.4, -0.2) is 55.0 Å². The molecule has 1 aromatic rings. The molecule has 2 heterocycles. The molecule has 1 amide bonds. The summed E-state index contributed by atoms with van der Waals surface area (Å²) in [6, 6.07) is 3.27. The number of carbonyl (C=O) groups is 1. The molecule has 1 aliphatic heterocycles. The van der Waals surface area contributed by atoms with Gasteiger partial charge in [0.2, 0.25) is 10.0 Å². The van der Waals surface area contributed by atoms with Crippen molar-refractivity contribution in [3.63, 3.8) is 0 Å². The van der Waals surface area contributed by atoms with Gasteiger partial charge in [-0.1, -0.05) is 0 Å². The highest BCUT2D eigenvalue weighted by molar-refractivity contribution is 7.89. The highest BCUT2D eigenvalue weighted by Gasteiger charge is 2.31. The third kappa shape index (κ3) is 2.82. The molecule has 106 valence electrons. The van der Waals surface area contributed by atoms with Crippen LogP contribution in [0.3, 0.4) is 0 Å². The van der Waals surface area contributed by atoms with Gasteiger partial charge in [-0.25, -0.2) is 8.42 Å². The highest BCUT2D eigenvalue weighted by Crippen LogP contribution is 2.14. The zero-order valence-corrected chi connectivity index (χ0v) is 11.9. The second kappa shape index (κ2) is 5.34. The Morgan fingerprint density at radius 2 is 1.89 bits per heavy atom. The Morgan fingerprint density at radius 3 is 2.37 bits per heavy atom. The van der Waals surface area contributed by atoms with E-state index in [1.54, 1.807) is 30.9 Å². The number of amides is 1. The molecule has 1 saturated heterocycles. The highest BCUT2D eigenvalue weighted by atomic mass is 32.2. The van der Waals surface area contributed by atoms with Crippen LogP contribution in [0.15, 0.2) is 22.8 Å². The molecule has 1 fully saturated rings. The lowest BCUT2D eigenvalue weighted by molar-refractivity contribution is 0.0665. The lowest BCUT2D eigenvalue weighted by Crippen LogP contribution is -2.51. The SMILES string of the molecule is CC(C)S(=O)(=O)N1CCN(C(=O)c2ccco2)CC1. The van der Waals surface area contributed by atoms with Crippen molar-refractivity contribution >= 4 is 15.9 Å². The van der Waals surface area contributed by atoms with Gasteiger partial charge < -0.3 is 9.32 Å². The summed E-state index contributed by atoms with van der Waals surface area (Å²) in [4.78, 5) is 13.6. The summed E-state index contributed by atoms with van der Waals surface area (Å²) in [6.45, 7) is 4.79. The lowest BCUT2D eigenvalue weighted by Gasteiger charge is -2.34. The van der Waals surface area contributed by atoms with Gasteiger partial charge >= 0.3 is 0 Å². The summed E-state index contributed by atoms with van der Waals surface area (Å²) in [5, 5.41) is -0.431. The van der Waals surface area contributed by atoms with Crippen molar-refractivity contribution in [2.45, 2.75) is 19.1 Å². The summed E-state index contributed by atoms with van der Waals surface area (Å²) in [5.74, 6) is 0.103. The molecule has 0 bridgehead atoms. The van der Waals surface area contributed by atoms with Crippen LogP contribution in [0.25, 0.3) is 0 Å². The van der Waals surface area contributed by atoms with Gasteiger partial charge in [-0.15, -0.1) is 0 Å². The molecular formula is C12H18N2O4S. The maximum absolute atomic E-state index is 12.0. The molecule has 0 atom stereocenters. The molecule has 0 radical (unpaired) electrons. The minimum absolute atomic E-state index is 0.188. The first-order valence-electron chi connectivity index (χ1n) is 6.24. The maximum Gasteiger partial charge on any atom is 0.289 e. The third-order valence-corrected chi connectivity index (χ3v) is 5.49. The second-order valence-electron chi connectivity index (χ2n) is 4.76. The van der Waals surface area contributed by atoms with Crippen LogP contribution in [0.1, 0.15) is 24.4 Å². The first-order valence-corrected chi connectivity index (χ1v) is 7.75.